The molecule has 0 aromatic heterocycles. The Balaban J connectivity index is 3.18. The molecule has 1 rings (SSSR count). The Morgan fingerprint density at radius 1 is 1.20 bits per heavy atom. The summed E-state index contributed by atoms with van der Waals surface area (Å²) in [4.78, 5) is 0. The SMILES string of the molecule is CCN(CC)S(=O)(=O)N(CCCN)c1cccc(C)c1. The summed E-state index contributed by atoms with van der Waals surface area (Å²) in [5.74, 6) is 0. The Morgan fingerprint density at radius 2 is 1.85 bits per heavy atom. The summed E-state index contributed by atoms with van der Waals surface area (Å²) >= 11 is 0. The first-order valence-corrected chi connectivity index (χ1v) is 8.41. The number of hydrogen-bond donors (Lipinski definition) is 1. The van der Waals surface area contributed by atoms with Crippen LogP contribution in [0.25, 0.3) is 0 Å². The fourth-order valence-corrected chi connectivity index (χ4v) is 3.76. The van der Waals surface area contributed by atoms with Gasteiger partial charge in [-0.05, 0) is 37.6 Å². The predicted octanol–water partition coefficient (Wildman–Crippen LogP) is 1.74. The molecule has 0 saturated heterocycles. The molecule has 20 heavy (non-hydrogen) atoms. The second-order valence-corrected chi connectivity index (χ2v) is 6.50. The molecule has 0 atom stereocenters. The summed E-state index contributed by atoms with van der Waals surface area (Å²) < 4.78 is 28.4. The van der Waals surface area contributed by atoms with E-state index in [-0.39, 0.29) is 0 Å². The van der Waals surface area contributed by atoms with Crippen LogP contribution < -0.4 is 10.0 Å². The Labute approximate surface area is 122 Å². The van der Waals surface area contributed by atoms with Crippen LogP contribution in [0.15, 0.2) is 24.3 Å². The van der Waals surface area contributed by atoms with E-state index in [1.54, 1.807) is 0 Å². The molecule has 0 spiro atoms. The molecule has 0 bridgehead atoms. The molecule has 2 N–H and O–H groups in total. The van der Waals surface area contributed by atoms with Gasteiger partial charge < -0.3 is 5.73 Å². The third kappa shape index (κ3) is 3.94. The third-order valence-electron chi connectivity index (χ3n) is 3.17. The molecule has 0 saturated carbocycles. The Morgan fingerprint density at radius 3 is 2.35 bits per heavy atom. The average Bonchev–Trinajstić information content (AvgIpc) is 2.40. The number of nitrogens with zero attached hydrogens (tertiary/aromatic N) is 2. The molecule has 0 aliphatic carbocycles. The molecule has 0 heterocycles. The molecule has 0 aliphatic heterocycles. The van der Waals surface area contributed by atoms with Crippen LogP contribution in [0.1, 0.15) is 25.8 Å². The molecule has 0 amide bonds. The van der Waals surface area contributed by atoms with Gasteiger partial charge in [0.05, 0.1) is 5.69 Å². The Kier molecular flexibility index (Phi) is 6.45. The van der Waals surface area contributed by atoms with Crippen LogP contribution in [0.3, 0.4) is 0 Å². The largest absolute Gasteiger partial charge is 0.330 e. The fourth-order valence-electron chi connectivity index (χ4n) is 2.08. The predicted molar refractivity (Wildman–Crippen MR) is 84.0 cm³/mol. The summed E-state index contributed by atoms with van der Waals surface area (Å²) in [6.45, 7) is 7.44. The van der Waals surface area contributed by atoms with Crippen LogP contribution in [0.2, 0.25) is 0 Å². The first-order valence-electron chi connectivity index (χ1n) is 7.01. The molecule has 6 heteroatoms. The maximum absolute atomic E-state index is 12.7. The van der Waals surface area contributed by atoms with E-state index in [0.717, 1.165) is 5.56 Å². The topological polar surface area (TPSA) is 66.6 Å². The number of anilines is 1. The molecular formula is C14H25N3O2S. The molecule has 0 unspecified atom stereocenters. The highest BCUT2D eigenvalue weighted by Crippen LogP contribution is 2.21. The average molecular weight is 299 g/mol. The van der Waals surface area contributed by atoms with Crippen molar-refractivity contribution in [3.05, 3.63) is 29.8 Å². The molecule has 0 aliphatic rings. The van der Waals surface area contributed by atoms with Gasteiger partial charge in [-0.3, -0.25) is 4.31 Å². The van der Waals surface area contributed by atoms with Crippen LogP contribution in [0, 0.1) is 6.92 Å². The highest BCUT2D eigenvalue weighted by molar-refractivity contribution is 7.90. The van der Waals surface area contributed by atoms with E-state index in [9.17, 15) is 8.42 Å². The maximum Gasteiger partial charge on any atom is 0.304 e. The van der Waals surface area contributed by atoms with E-state index in [4.69, 9.17) is 5.73 Å². The van der Waals surface area contributed by atoms with Crippen molar-refractivity contribution in [3.63, 3.8) is 0 Å². The lowest BCUT2D eigenvalue weighted by atomic mass is 10.2. The van der Waals surface area contributed by atoms with Crippen molar-refractivity contribution in [2.24, 2.45) is 5.73 Å². The van der Waals surface area contributed by atoms with Crippen LogP contribution in [-0.4, -0.2) is 38.9 Å². The molecule has 1 aromatic rings. The molecule has 0 fully saturated rings. The van der Waals surface area contributed by atoms with Gasteiger partial charge in [0.1, 0.15) is 0 Å². The second-order valence-electron chi connectivity index (χ2n) is 4.65. The van der Waals surface area contributed by atoms with E-state index >= 15 is 0 Å². The zero-order valence-corrected chi connectivity index (χ0v) is 13.4. The summed E-state index contributed by atoms with van der Waals surface area (Å²) in [7, 11) is -3.49. The minimum Gasteiger partial charge on any atom is -0.330 e. The standard InChI is InChI=1S/C14H25N3O2S/c1-4-16(5-2)20(18,19)17(11-7-10-15)14-9-6-8-13(3)12-14/h6,8-9,12H,4-5,7,10-11,15H2,1-3H3. The van der Waals surface area contributed by atoms with E-state index in [2.05, 4.69) is 0 Å². The van der Waals surface area contributed by atoms with Gasteiger partial charge in [0.25, 0.3) is 0 Å². The van der Waals surface area contributed by atoms with E-state index < -0.39 is 10.2 Å². The van der Waals surface area contributed by atoms with Crippen molar-refractivity contribution in [2.75, 3.05) is 30.5 Å². The molecule has 114 valence electrons. The zero-order chi connectivity index (χ0) is 15.2. The lowest BCUT2D eigenvalue weighted by molar-refractivity contribution is 0.441. The zero-order valence-electron chi connectivity index (χ0n) is 12.5. The van der Waals surface area contributed by atoms with Gasteiger partial charge >= 0.3 is 10.2 Å². The minimum absolute atomic E-state index is 0.402. The van der Waals surface area contributed by atoms with E-state index in [0.29, 0.717) is 38.3 Å². The summed E-state index contributed by atoms with van der Waals surface area (Å²) in [5, 5.41) is 0. The number of aryl methyl sites for hydroxylation is 1. The van der Waals surface area contributed by atoms with Gasteiger partial charge in [-0.25, -0.2) is 0 Å². The number of benzene rings is 1. The highest BCUT2D eigenvalue weighted by Gasteiger charge is 2.27. The Hall–Kier alpha value is -1.11. The first kappa shape index (κ1) is 16.9. The summed E-state index contributed by atoms with van der Waals surface area (Å²) in [5.41, 5.74) is 7.27. The van der Waals surface area contributed by atoms with Crippen LogP contribution in [0.5, 0.6) is 0 Å². The third-order valence-corrected chi connectivity index (χ3v) is 5.28. The Bertz CT molecular complexity index is 513. The van der Waals surface area contributed by atoms with Crippen LogP contribution in [0.4, 0.5) is 5.69 Å². The van der Waals surface area contributed by atoms with Crippen molar-refractivity contribution in [1.29, 1.82) is 0 Å². The van der Waals surface area contributed by atoms with Crippen molar-refractivity contribution in [2.45, 2.75) is 27.2 Å². The van der Waals surface area contributed by atoms with Crippen LogP contribution >= 0.6 is 0 Å². The van der Waals surface area contributed by atoms with Gasteiger partial charge in [-0.2, -0.15) is 12.7 Å². The lowest BCUT2D eigenvalue weighted by Gasteiger charge is -2.30. The van der Waals surface area contributed by atoms with Crippen molar-refractivity contribution < 1.29 is 8.42 Å². The van der Waals surface area contributed by atoms with Crippen molar-refractivity contribution in [1.82, 2.24) is 4.31 Å². The smallest absolute Gasteiger partial charge is 0.304 e. The van der Waals surface area contributed by atoms with Gasteiger partial charge in [0.2, 0.25) is 0 Å². The number of nitrogens with two attached hydrogens (primary N) is 1. The quantitative estimate of drug-likeness (QED) is 0.795. The van der Waals surface area contributed by atoms with Gasteiger partial charge in [0, 0.05) is 19.6 Å². The van der Waals surface area contributed by atoms with Gasteiger partial charge in [0.15, 0.2) is 0 Å². The highest BCUT2D eigenvalue weighted by atomic mass is 32.2. The monoisotopic (exact) mass is 299 g/mol. The minimum atomic E-state index is -3.49. The van der Waals surface area contributed by atoms with Crippen molar-refractivity contribution in [3.8, 4) is 0 Å². The molecular weight excluding hydrogens is 274 g/mol. The van der Waals surface area contributed by atoms with Crippen LogP contribution in [-0.2, 0) is 10.2 Å². The summed E-state index contributed by atoms with van der Waals surface area (Å²) in [6, 6.07) is 7.54. The van der Waals surface area contributed by atoms with Gasteiger partial charge in [-0.15, -0.1) is 0 Å². The maximum atomic E-state index is 12.7. The van der Waals surface area contributed by atoms with E-state index in [1.807, 2.05) is 45.0 Å². The number of rotatable bonds is 8. The number of hydrogen-bond acceptors (Lipinski definition) is 3. The first-order chi connectivity index (χ1) is 9.47. The second kappa shape index (κ2) is 7.61. The normalized spacial score (nSPS) is 11.8. The lowest BCUT2D eigenvalue weighted by Crippen LogP contribution is -2.44. The van der Waals surface area contributed by atoms with Crippen molar-refractivity contribution >= 4 is 15.9 Å². The molecule has 0 radical (unpaired) electrons. The molecule has 1 aromatic carbocycles. The summed E-state index contributed by atoms with van der Waals surface area (Å²) in [6.07, 6.45) is 0.633. The fraction of sp³-hybridized carbons (Fsp3) is 0.571. The van der Waals surface area contributed by atoms with E-state index in [1.165, 1.54) is 8.61 Å². The molecule has 5 nitrogen and oxygen atoms in total. The van der Waals surface area contributed by atoms with Gasteiger partial charge in [-0.1, -0.05) is 26.0 Å².